The molecule has 1 aliphatic carbocycles. The molecule has 0 aromatic heterocycles. The third kappa shape index (κ3) is 6.52. The second-order valence-electron chi connectivity index (χ2n) is 10.2. The molecule has 0 spiro atoms. The van der Waals surface area contributed by atoms with Gasteiger partial charge in [-0.15, -0.1) is 0 Å². The Morgan fingerprint density at radius 3 is 2.02 bits per heavy atom. The fourth-order valence-corrected chi connectivity index (χ4v) is 4.60. The molecule has 0 aliphatic heterocycles. The quantitative estimate of drug-likeness (QED) is 0.157. The fraction of sp³-hybridized carbons (Fsp3) is 0.206. The molecule has 0 amide bonds. The molecule has 210 valence electrons. The van der Waals surface area contributed by atoms with E-state index in [2.05, 4.69) is 19.7 Å². The molecule has 7 heteroatoms. The SMILES string of the molecule is C=C(C)C(=O)OCC1CCc2c(-c3ccc(-c4ccc(OC(=O)C(=C)C)c(OC(=O)C(=C)C)c4)cc3F)cccc21. The molecule has 0 N–H and O–H groups in total. The van der Waals surface area contributed by atoms with Crippen LogP contribution in [0.1, 0.15) is 44.2 Å². The number of carbonyl (C=O) groups is 3. The summed E-state index contributed by atoms with van der Waals surface area (Å²) in [6, 6.07) is 15.3. The van der Waals surface area contributed by atoms with E-state index in [1.54, 1.807) is 25.1 Å². The minimum Gasteiger partial charge on any atom is -0.462 e. The maximum absolute atomic E-state index is 15.6. The number of carbonyl (C=O) groups excluding carboxylic acids is 3. The molecule has 3 aromatic rings. The van der Waals surface area contributed by atoms with Crippen LogP contribution in [0.4, 0.5) is 4.39 Å². The standard InChI is InChI=1S/C34H31FO6/c1-19(2)32(36)39-18-24-11-13-27-25(24)8-7-9-26(27)28-14-10-22(16-29(28)35)23-12-15-30(40-33(37)20(3)4)31(17-23)41-34(38)21(5)6/h7-10,12,14-17,24H,1,3,5,11,13,18H2,2,4,6H3. The molecule has 41 heavy (non-hydrogen) atoms. The van der Waals surface area contributed by atoms with Gasteiger partial charge in [0.25, 0.3) is 0 Å². The number of esters is 3. The van der Waals surface area contributed by atoms with Gasteiger partial charge in [-0.3, -0.25) is 0 Å². The molecule has 0 heterocycles. The number of halogens is 1. The van der Waals surface area contributed by atoms with Gasteiger partial charge in [0, 0.05) is 28.2 Å². The van der Waals surface area contributed by atoms with Crippen molar-refractivity contribution in [2.75, 3.05) is 6.61 Å². The van der Waals surface area contributed by atoms with Crippen molar-refractivity contribution in [3.63, 3.8) is 0 Å². The van der Waals surface area contributed by atoms with E-state index in [0.717, 1.165) is 29.5 Å². The molecule has 3 aromatic carbocycles. The Morgan fingerprint density at radius 1 is 0.780 bits per heavy atom. The van der Waals surface area contributed by atoms with Crippen LogP contribution in [0.25, 0.3) is 22.3 Å². The van der Waals surface area contributed by atoms with E-state index < -0.39 is 23.7 Å². The maximum atomic E-state index is 15.6. The number of hydrogen-bond acceptors (Lipinski definition) is 6. The molecule has 0 radical (unpaired) electrons. The Morgan fingerprint density at radius 2 is 1.39 bits per heavy atom. The highest BCUT2D eigenvalue weighted by Gasteiger charge is 2.27. The number of fused-ring (bicyclic) bond motifs is 1. The highest BCUT2D eigenvalue weighted by molar-refractivity contribution is 5.91. The maximum Gasteiger partial charge on any atom is 0.338 e. The average molecular weight is 555 g/mol. The van der Waals surface area contributed by atoms with E-state index in [1.165, 1.54) is 32.0 Å². The molecule has 4 rings (SSSR count). The summed E-state index contributed by atoms with van der Waals surface area (Å²) in [5, 5.41) is 0. The lowest BCUT2D eigenvalue weighted by molar-refractivity contribution is -0.139. The first-order chi connectivity index (χ1) is 19.5. The Bertz CT molecular complexity index is 1600. The zero-order valence-corrected chi connectivity index (χ0v) is 23.3. The normalized spacial score (nSPS) is 13.6. The van der Waals surface area contributed by atoms with Gasteiger partial charge >= 0.3 is 17.9 Å². The highest BCUT2D eigenvalue weighted by atomic mass is 19.1. The summed E-state index contributed by atoms with van der Waals surface area (Å²) in [5.41, 5.74) is 5.09. The van der Waals surface area contributed by atoms with Crippen LogP contribution in [0, 0.1) is 5.82 Å². The molecular weight excluding hydrogens is 523 g/mol. The third-order valence-electron chi connectivity index (χ3n) is 6.80. The Kier molecular flexibility index (Phi) is 8.67. The molecule has 0 saturated heterocycles. The average Bonchev–Trinajstić information content (AvgIpc) is 3.35. The van der Waals surface area contributed by atoms with Crippen LogP contribution in [0.15, 0.2) is 91.1 Å². The molecular formula is C34H31FO6. The van der Waals surface area contributed by atoms with Gasteiger partial charge in [0.2, 0.25) is 0 Å². The summed E-state index contributed by atoms with van der Waals surface area (Å²) in [4.78, 5) is 36.2. The van der Waals surface area contributed by atoms with E-state index in [0.29, 0.717) is 22.3 Å². The minimum atomic E-state index is -0.693. The Balaban J connectivity index is 1.64. The van der Waals surface area contributed by atoms with Crippen molar-refractivity contribution < 1.29 is 33.0 Å². The number of benzene rings is 3. The van der Waals surface area contributed by atoms with Crippen LogP contribution in [-0.2, 0) is 25.5 Å². The van der Waals surface area contributed by atoms with Crippen LogP contribution in [0.5, 0.6) is 11.5 Å². The van der Waals surface area contributed by atoms with Crippen molar-refractivity contribution >= 4 is 17.9 Å². The van der Waals surface area contributed by atoms with Gasteiger partial charge in [0.15, 0.2) is 11.5 Å². The van der Waals surface area contributed by atoms with Crippen molar-refractivity contribution in [2.24, 2.45) is 0 Å². The zero-order chi connectivity index (χ0) is 29.8. The predicted molar refractivity (Wildman–Crippen MR) is 155 cm³/mol. The fourth-order valence-electron chi connectivity index (χ4n) is 4.60. The van der Waals surface area contributed by atoms with E-state index in [-0.39, 0.29) is 35.2 Å². The lowest BCUT2D eigenvalue weighted by Gasteiger charge is -2.15. The first-order valence-corrected chi connectivity index (χ1v) is 13.1. The van der Waals surface area contributed by atoms with Crippen LogP contribution in [0.3, 0.4) is 0 Å². The molecule has 1 unspecified atom stereocenters. The summed E-state index contributed by atoms with van der Waals surface area (Å²) in [6.07, 6.45) is 1.54. The first-order valence-electron chi connectivity index (χ1n) is 13.1. The van der Waals surface area contributed by atoms with Crippen molar-refractivity contribution in [3.05, 3.63) is 108 Å². The number of hydrogen-bond donors (Lipinski definition) is 0. The molecule has 0 saturated carbocycles. The van der Waals surface area contributed by atoms with E-state index in [1.807, 2.05) is 18.2 Å². The van der Waals surface area contributed by atoms with Gasteiger partial charge in [0.1, 0.15) is 5.82 Å². The molecule has 6 nitrogen and oxygen atoms in total. The minimum absolute atomic E-state index is 0.00569. The van der Waals surface area contributed by atoms with Gasteiger partial charge in [-0.05, 0) is 79.6 Å². The Labute approximate surface area is 238 Å². The monoisotopic (exact) mass is 554 g/mol. The summed E-state index contributed by atoms with van der Waals surface area (Å²) >= 11 is 0. The summed E-state index contributed by atoms with van der Waals surface area (Å²) in [5.74, 6) is -2.16. The van der Waals surface area contributed by atoms with Crippen LogP contribution in [0.2, 0.25) is 0 Å². The van der Waals surface area contributed by atoms with Crippen molar-refractivity contribution in [3.8, 4) is 33.8 Å². The number of ether oxygens (including phenoxy) is 3. The summed E-state index contributed by atoms with van der Waals surface area (Å²) < 4.78 is 31.7. The molecule has 0 fully saturated rings. The van der Waals surface area contributed by atoms with Crippen molar-refractivity contribution in [1.29, 1.82) is 0 Å². The van der Waals surface area contributed by atoms with E-state index >= 15 is 4.39 Å². The van der Waals surface area contributed by atoms with Crippen LogP contribution >= 0.6 is 0 Å². The van der Waals surface area contributed by atoms with E-state index in [4.69, 9.17) is 14.2 Å². The summed E-state index contributed by atoms with van der Waals surface area (Å²) in [7, 11) is 0. The Hall–Kier alpha value is -4.78. The van der Waals surface area contributed by atoms with Crippen LogP contribution in [-0.4, -0.2) is 24.5 Å². The third-order valence-corrected chi connectivity index (χ3v) is 6.80. The van der Waals surface area contributed by atoms with Gasteiger partial charge < -0.3 is 14.2 Å². The molecule has 0 bridgehead atoms. The second kappa shape index (κ2) is 12.2. The van der Waals surface area contributed by atoms with Gasteiger partial charge in [-0.2, -0.15) is 0 Å². The van der Waals surface area contributed by atoms with E-state index in [9.17, 15) is 14.4 Å². The highest BCUT2D eigenvalue weighted by Crippen LogP contribution is 2.41. The molecule has 1 atom stereocenters. The topological polar surface area (TPSA) is 78.9 Å². The predicted octanol–water partition coefficient (Wildman–Crippen LogP) is 7.27. The summed E-state index contributed by atoms with van der Waals surface area (Å²) in [6.45, 7) is 15.6. The lowest BCUT2D eigenvalue weighted by atomic mass is 9.93. The number of rotatable bonds is 9. The lowest BCUT2D eigenvalue weighted by Crippen LogP contribution is -2.12. The van der Waals surface area contributed by atoms with Crippen LogP contribution < -0.4 is 9.47 Å². The smallest absolute Gasteiger partial charge is 0.338 e. The van der Waals surface area contributed by atoms with Crippen molar-refractivity contribution in [2.45, 2.75) is 39.5 Å². The van der Waals surface area contributed by atoms with Gasteiger partial charge in [-0.1, -0.05) is 56.1 Å². The van der Waals surface area contributed by atoms with Crippen molar-refractivity contribution in [1.82, 2.24) is 0 Å². The van der Waals surface area contributed by atoms with Gasteiger partial charge in [-0.25, -0.2) is 18.8 Å². The first kappa shape index (κ1) is 29.2. The largest absolute Gasteiger partial charge is 0.462 e. The zero-order valence-electron chi connectivity index (χ0n) is 23.3. The van der Waals surface area contributed by atoms with Gasteiger partial charge in [0.05, 0.1) is 6.61 Å². The second-order valence-corrected chi connectivity index (χ2v) is 10.2. The molecule has 1 aliphatic rings.